The van der Waals surface area contributed by atoms with Crippen LogP contribution in [0.2, 0.25) is 0 Å². The quantitative estimate of drug-likeness (QED) is 0.810. The minimum atomic E-state index is -0.153. The van der Waals surface area contributed by atoms with Crippen LogP contribution in [0.15, 0.2) is 18.2 Å². The van der Waals surface area contributed by atoms with Crippen LogP contribution in [-0.4, -0.2) is 19.3 Å². The Morgan fingerprint density at radius 3 is 2.95 bits per heavy atom. The highest BCUT2D eigenvalue weighted by molar-refractivity contribution is 5.29. The van der Waals surface area contributed by atoms with E-state index in [0.717, 1.165) is 38.0 Å². The summed E-state index contributed by atoms with van der Waals surface area (Å²) in [5.74, 6) is -0.153. The maximum Gasteiger partial charge on any atom is 0.123 e. The van der Waals surface area contributed by atoms with Crippen LogP contribution in [0.3, 0.4) is 0 Å². The van der Waals surface area contributed by atoms with E-state index in [2.05, 4.69) is 12.2 Å². The molecule has 1 saturated heterocycles. The molecule has 1 heterocycles. The average molecular weight is 279 g/mol. The summed E-state index contributed by atoms with van der Waals surface area (Å²) in [7, 11) is 0. The molecule has 1 N–H and O–H groups in total. The number of benzene rings is 1. The first-order valence-electron chi connectivity index (χ1n) is 7.81. The average Bonchev–Trinajstić information content (AvgIpc) is 2.93. The predicted molar refractivity (Wildman–Crippen MR) is 80.4 cm³/mol. The summed E-state index contributed by atoms with van der Waals surface area (Å²) in [4.78, 5) is 0. The van der Waals surface area contributed by atoms with E-state index in [4.69, 9.17) is 4.74 Å². The van der Waals surface area contributed by atoms with E-state index in [0.29, 0.717) is 12.1 Å². The van der Waals surface area contributed by atoms with E-state index in [-0.39, 0.29) is 5.82 Å². The van der Waals surface area contributed by atoms with Gasteiger partial charge >= 0.3 is 0 Å². The zero-order valence-electron chi connectivity index (χ0n) is 12.6. The summed E-state index contributed by atoms with van der Waals surface area (Å²) in [5.41, 5.74) is 2.25. The number of aryl methyl sites for hydroxylation is 1. The predicted octanol–water partition coefficient (Wildman–Crippen LogP) is 4.13. The molecule has 1 aliphatic rings. The van der Waals surface area contributed by atoms with Crippen molar-refractivity contribution in [2.45, 2.75) is 58.1 Å². The van der Waals surface area contributed by atoms with Crippen LogP contribution < -0.4 is 5.32 Å². The van der Waals surface area contributed by atoms with Crippen molar-refractivity contribution in [3.05, 3.63) is 35.1 Å². The minimum Gasteiger partial charge on any atom is -0.378 e. The highest BCUT2D eigenvalue weighted by Gasteiger charge is 2.19. The Labute approximate surface area is 121 Å². The number of hydrogen-bond acceptors (Lipinski definition) is 2. The lowest BCUT2D eigenvalue weighted by molar-refractivity contribution is 0.0995. The second-order valence-electron chi connectivity index (χ2n) is 5.72. The van der Waals surface area contributed by atoms with Crippen LogP contribution in [0, 0.1) is 12.7 Å². The summed E-state index contributed by atoms with van der Waals surface area (Å²) < 4.78 is 19.0. The molecule has 0 saturated carbocycles. The van der Waals surface area contributed by atoms with Gasteiger partial charge in [0.25, 0.3) is 0 Å². The molecule has 112 valence electrons. The van der Waals surface area contributed by atoms with Gasteiger partial charge in [0.15, 0.2) is 0 Å². The van der Waals surface area contributed by atoms with Gasteiger partial charge in [-0.15, -0.1) is 0 Å². The normalized spacial score (nSPS) is 20.2. The molecule has 20 heavy (non-hydrogen) atoms. The summed E-state index contributed by atoms with van der Waals surface area (Å²) in [6.07, 6.45) is 6.03. The van der Waals surface area contributed by atoms with E-state index < -0.39 is 0 Å². The molecule has 1 aromatic carbocycles. The number of halogens is 1. The summed E-state index contributed by atoms with van der Waals surface area (Å²) in [6.45, 7) is 6.06. The first kappa shape index (κ1) is 15.5. The van der Waals surface area contributed by atoms with Crippen molar-refractivity contribution in [2.24, 2.45) is 0 Å². The largest absolute Gasteiger partial charge is 0.378 e. The number of hydrogen-bond donors (Lipinski definition) is 1. The second-order valence-corrected chi connectivity index (χ2v) is 5.72. The van der Waals surface area contributed by atoms with Crippen molar-refractivity contribution in [3.63, 3.8) is 0 Å². The number of ether oxygens (including phenoxy) is 1. The van der Waals surface area contributed by atoms with Crippen LogP contribution in [0.4, 0.5) is 4.39 Å². The van der Waals surface area contributed by atoms with Gasteiger partial charge in [0.05, 0.1) is 6.10 Å². The van der Waals surface area contributed by atoms with Gasteiger partial charge in [-0.1, -0.05) is 13.0 Å². The minimum absolute atomic E-state index is 0.153. The first-order chi connectivity index (χ1) is 9.70. The maximum atomic E-state index is 13.3. The Bertz CT molecular complexity index is 415. The van der Waals surface area contributed by atoms with E-state index >= 15 is 0 Å². The van der Waals surface area contributed by atoms with Crippen molar-refractivity contribution in [3.8, 4) is 0 Å². The van der Waals surface area contributed by atoms with Crippen molar-refractivity contribution in [1.29, 1.82) is 0 Å². The maximum absolute atomic E-state index is 13.3. The molecule has 0 amide bonds. The summed E-state index contributed by atoms with van der Waals surface area (Å²) in [5, 5.41) is 3.59. The standard InChI is InChI=1S/C17H26FNO/c1-3-10-19-17(9-7-15-5-4-11-20-15)16-8-6-14(18)12-13(16)2/h6,8,12,15,17,19H,3-5,7,9-11H2,1-2H3. The van der Waals surface area contributed by atoms with Gasteiger partial charge in [0, 0.05) is 12.6 Å². The molecule has 0 aromatic heterocycles. The van der Waals surface area contributed by atoms with Crippen molar-refractivity contribution in [2.75, 3.05) is 13.2 Å². The lowest BCUT2D eigenvalue weighted by Crippen LogP contribution is -2.24. The van der Waals surface area contributed by atoms with E-state index in [1.54, 1.807) is 12.1 Å². The fourth-order valence-corrected chi connectivity index (χ4v) is 2.94. The van der Waals surface area contributed by atoms with E-state index in [1.807, 2.05) is 13.0 Å². The molecule has 2 rings (SSSR count). The Hall–Kier alpha value is -0.930. The molecular weight excluding hydrogens is 253 g/mol. The van der Waals surface area contributed by atoms with Crippen LogP contribution in [-0.2, 0) is 4.74 Å². The van der Waals surface area contributed by atoms with Crippen LogP contribution in [0.1, 0.15) is 56.2 Å². The van der Waals surface area contributed by atoms with Crippen LogP contribution in [0.25, 0.3) is 0 Å². The molecule has 2 atom stereocenters. The van der Waals surface area contributed by atoms with Crippen molar-refractivity contribution in [1.82, 2.24) is 5.32 Å². The molecule has 0 spiro atoms. The van der Waals surface area contributed by atoms with Gasteiger partial charge in [0.2, 0.25) is 0 Å². The third kappa shape index (κ3) is 4.29. The zero-order valence-corrected chi connectivity index (χ0v) is 12.6. The van der Waals surface area contributed by atoms with Crippen LogP contribution in [0.5, 0.6) is 0 Å². The van der Waals surface area contributed by atoms with Gasteiger partial charge in [-0.2, -0.15) is 0 Å². The fourth-order valence-electron chi connectivity index (χ4n) is 2.94. The fraction of sp³-hybridized carbons (Fsp3) is 0.647. The first-order valence-corrected chi connectivity index (χ1v) is 7.81. The molecule has 3 heteroatoms. The Kier molecular flexibility index (Phi) is 5.99. The topological polar surface area (TPSA) is 21.3 Å². The highest BCUT2D eigenvalue weighted by atomic mass is 19.1. The van der Waals surface area contributed by atoms with Crippen molar-refractivity contribution < 1.29 is 9.13 Å². The lowest BCUT2D eigenvalue weighted by atomic mass is 9.95. The Morgan fingerprint density at radius 1 is 1.45 bits per heavy atom. The third-order valence-corrected chi connectivity index (χ3v) is 4.05. The SMILES string of the molecule is CCCNC(CCC1CCCO1)c1ccc(F)cc1C. The molecule has 1 fully saturated rings. The van der Waals surface area contributed by atoms with E-state index in [1.165, 1.54) is 18.4 Å². The molecular formula is C17H26FNO. The Morgan fingerprint density at radius 2 is 2.30 bits per heavy atom. The molecule has 0 bridgehead atoms. The summed E-state index contributed by atoms with van der Waals surface area (Å²) >= 11 is 0. The molecule has 1 aromatic rings. The molecule has 1 aliphatic heterocycles. The molecule has 2 nitrogen and oxygen atoms in total. The van der Waals surface area contributed by atoms with Gasteiger partial charge in [-0.25, -0.2) is 4.39 Å². The van der Waals surface area contributed by atoms with Gasteiger partial charge in [0.1, 0.15) is 5.82 Å². The monoisotopic (exact) mass is 279 g/mol. The Balaban J connectivity index is 2.01. The number of rotatable bonds is 7. The number of nitrogens with one attached hydrogen (secondary N) is 1. The van der Waals surface area contributed by atoms with Crippen LogP contribution >= 0.6 is 0 Å². The van der Waals surface area contributed by atoms with Gasteiger partial charge < -0.3 is 10.1 Å². The molecule has 0 aliphatic carbocycles. The smallest absolute Gasteiger partial charge is 0.123 e. The van der Waals surface area contributed by atoms with Gasteiger partial charge in [-0.05, 0) is 68.8 Å². The van der Waals surface area contributed by atoms with Gasteiger partial charge in [-0.3, -0.25) is 0 Å². The zero-order chi connectivity index (χ0) is 14.4. The molecule has 0 radical (unpaired) electrons. The second kappa shape index (κ2) is 7.75. The highest BCUT2D eigenvalue weighted by Crippen LogP contribution is 2.26. The third-order valence-electron chi connectivity index (χ3n) is 4.05. The summed E-state index contributed by atoms with van der Waals surface area (Å²) in [6, 6.07) is 5.42. The lowest BCUT2D eigenvalue weighted by Gasteiger charge is -2.22. The van der Waals surface area contributed by atoms with Crippen molar-refractivity contribution >= 4 is 0 Å². The molecule has 2 unspecified atom stereocenters. The van der Waals surface area contributed by atoms with E-state index in [9.17, 15) is 4.39 Å².